The summed E-state index contributed by atoms with van der Waals surface area (Å²) in [5.74, 6) is -14.5. The van der Waals surface area contributed by atoms with E-state index in [-0.39, 0.29) is 116 Å². The number of methoxy groups -OCH3 is 1. The number of hydrogen-bond donors (Lipinski definition) is 3. The van der Waals surface area contributed by atoms with Crippen LogP contribution in [0.2, 0.25) is 0 Å². The molecule has 3 aliphatic heterocycles. The number of hydrogen-bond acceptors (Lipinski definition) is 14. The SMILES string of the molecule is CCO[C@@H]1C[C@H]2C(=O)NC3(CCC3)C(=O)N(C)[C@@H](C(CC)CC)C(=O)N(C)[C@H](C(=O)N(C)C)CC(=O)N(C)[C@@H](C)C(=O)N[C@@H]([C@@H](C)CC)C(=O)N(C)CC(=O)N(C)[C@H]3C/C=C\CCN(C3=O)[C@@H](CC3CCC(C(F)(F)F)CC3)C(=O)N(C)CC(=O)N[C@@H](CCC3CCC(C(F)(F)F)C(OC)C3)C(=O)N2C1. The van der Waals surface area contributed by atoms with E-state index in [1.54, 1.807) is 32.9 Å². The van der Waals surface area contributed by atoms with Gasteiger partial charge in [-0.2, -0.15) is 26.3 Å². The number of nitrogens with one attached hydrogen (secondary N) is 3. The molecule has 0 aromatic heterocycles. The average molecular weight is 1500 g/mol. The third-order valence-corrected chi connectivity index (χ3v) is 23.4. The molecule has 5 fully saturated rings. The highest BCUT2D eigenvalue weighted by atomic mass is 19.4. The van der Waals surface area contributed by atoms with Crippen molar-refractivity contribution in [3.8, 4) is 0 Å². The monoisotopic (exact) mass is 1500 g/mol. The van der Waals surface area contributed by atoms with Gasteiger partial charge in [-0.3, -0.25) is 57.5 Å². The van der Waals surface area contributed by atoms with Crippen LogP contribution in [0.3, 0.4) is 0 Å². The van der Waals surface area contributed by atoms with E-state index in [4.69, 9.17) is 9.47 Å². The number of likely N-dealkylation sites (N-methyl/N-ethyl adjacent to an activating group) is 7. The van der Waals surface area contributed by atoms with Crippen molar-refractivity contribution < 1.29 is 93.4 Å². The second-order valence-corrected chi connectivity index (χ2v) is 30.4. The van der Waals surface area contributed by atoms with Gasteiger partial charge in [0.05, 0.1) is 43.6 Å². The summed E-state index contributed by atoms with van der Waals surface area (Å²) in [7, 11) is 12.1. The van der Waals surface area contributed by atoms with Gasteiger partial charge in [0, 0.05) is 89.6 Å². The van der Waals surface area contributed by atoms with Gasteiger partial charge in [0.25, 0.3) is 0 Å². The van der Waals surface area contributed by atoms with Crippen molar-refractivity contribution in [2.24, 2.45) is 35.5 Å². The zero-order chi connectivity index (χ0) is 78.5. The van der Waals surface area contributed by atoms with E-state index in [0.29, 0.717) is 25.7 Å². The predicted molar refractivity (Wildman–Crippen MR) is 375 cm³/mol. The van der Waals surface area contributed by atoms with Crippen molar-refractivity contribution in [1.29, 1.82) is 0 Å². The highest BCUT2D eigenvalue weighted by molar-refractivity contribution is 6.01. The Morgan fingerprint density at radius 2 is 1.30 bits per heavy atom. The molecule has 594 valence electrons. The first-order chi connectivity index (χ1) is 49.2. The van der Waals surface area contributed by atoms with Crippen LogP contribution >= 0.6 is 0 Å². The zero-order valence-corrected chi connectivity index (χ0v) is 64.1. The second kappa shape index (κ2) is 37.6. The number of amides is 12. The Labute approximate surface area is 614 Å². The van der Waals surface area contributed by atoms with Gasteiger partial charge in [-0.1, -0.05) is 59.1 Å². The number of carbonyl (C=O) groups excluding carboxylic acids is 12. The number of ether oxygens (including phenoxy) is 2. The topological polar surface area (TPSA) is 289 Å². The molecule has 3 N–H and O–H groups in total. The molecule has 3 unspecified atom stereocenters. The molecule has 6 rings (SSSR count). The van der Waals surface area contributed by atoms with Gasteiger partial charge in [0.15, 0.2) is 0 Å². The zero-order valence-electron chi connectivity index (χ0n) is 64.1. The Balaban J connectivity index is 1.47. The smallest absolute Gasteiger partial charge is 0.381 e. The van der Waals surface area contributed by atoms with Gasteiger partial charge < -0.3 is 69.5 Å². The summed E-state index contributed by atoms with van der Waals surface area (Å²) >= 11 is 0. The first kappa shape index (κ1) is 86.8. The lowest BCUT2D eigenvalue weighted by Crippen LogP contribution is -2.68. The Morgan fingerprint density at radius 1 is 0.667 bits per heavy atom. The van der Waals surface area contributed by atoms with Crippen LogP contribution in [0, 0.1) is 35.5 Å². The van der Waals surface area contributed by atoms with Crippen molar-refractivity contribution in [2.75, 3.05) is 96.3 Å². The maximum atomic E-state index is 15.6. The Morgan fingerprint density at radius 3 is 1.86 bits per heavy atom. The molecule has 13 atom stereocenters. The maximum absolute atomic E-state index is 15.6. The number of halogens is 6. The molecule has 12 amide bonds. The van der Waals surface area contributed by atoms with Gasteiger partial charge >= 0.3 is 12.4 Å². The third-order valence-electron chi connectivity index (χ3n) is 23.4. The van der Waals surface area contributed by atoms with Gasteiger partial charge in [-0.15, -0.1) is 0 Å². The summed E-state index contributed by atoms with van der Waals surface area (Å²) in [6.07, 6.45) is -7.49. The van der Waals surface area contributed by atoms with Crippen molar-refractivity contribution in [3.05, 3.63) is 12.2 Å². The molecule has 1 spiro atoms. The van der Waals surface area contributed by atoms with Crippen LogP contribution in [0.1, 0.15) is 170 Å². The van der Waals surface area contributed by atoms with Gasteiger partial charge in [-0.25, -0.2) is 0 Å². The lowest BCUT2D eigenvalue weighted by Gasteiger charge is -2.47. The molecular weight excluding hydrogens is 1380 g/mol. The fraction of sp³-hybridized carbons (Fsp3) is 0.808. The van der Waals surface area contributed by atoms with E-state index in [1.165, 1.54) is 90.0 Å². The fourth-order valence-corrected chi connectivity index (χ4v) is 16.0. The van der Waals surface area contributed by atoms with E-state index in [1.807, 2.05) is 13.8 Å². The first-order valence-corrected chi connectivity index (χ1v) is 37.4. The number of rotatable bonds is 14. The second-order valence-electron chi connectivity index (χ2n) is 30.4. The quantitative estimate of drug-likeness (QED) is 0.147. The molecule has 26 nitrogen and oxygen atoms in total. The molecule has 3 aliphatic carbocycles. The molecule has 0 aromatic rings. The summed E-state index contributed by atoms with van der Waals surface area (Å²) < 4.78 is 96.6. The van der Waals surface area contributed by atoms with E-state index < -0.39 is 204 Å². The van der Waals surface area contributed by atoms with E-state index >= 15 is 28.8 Å². The molecule has 2 bridgehead atoms. The fourth-order valence-electron chi connectivity index (χ4n) is 16.0. The van der Waals surface area contributed by atoms with Gasteiger partial charge in [0.2, 0.25) is 70.9 Å². The van der Waals surface area contributed by atoms with E-state index in [9.17, 15) is 55.1 Å². The minimum atomic E-state index is -4.56. The predicted octanol–water partition coefficient (Wildman–Crippen LogP) is 5.30. The Kier molecular flexibility index (Phi) is 31.1. The van der Waals surface area contributed by atoms with Crippen molar-refractivity contribution in [1.82, 2.24) is 60.0 Å². The minimum absolute atomic E-state index is 0.0339. The van der Waals surface area contributed by atoms with Crippen LogP contribution in [-0.4, -0.2) is 290 Å². The van der Waals surface area contributed by atoms with Gasteiger partial charge in [0.1, 0.15) is 53.9 Å². The van der Waals surface area contributed by atoms with Gasteiger partial charge in [-0.05, 0) is 134 Å². The molecular formula is C73H116F6N12O14. The highest BCUT2D eigenvalue weighted by Gasteiger charge is 2.54. The third kappa shape index (κ3) is 21.2. The summed E-state index contributed by atoms with van der Waals surface area (Å²) in [6.45, 7) is 8.65. The van der Waals surface area contributed by atoms with Crippen molar-refractivity contribution >= 4 is 70.9 Å². The molecule has 6 aliphatic rings. The first-order valence-electron chi connectivity index (χ1n) is 37.4. The molecule has 0 aromatic carbocycles. The standard InChI is InChI=1S/C73H116F6N12O14/c1-16-43(5)60-68(101)85(10)42-59(94)87(12)52-24-21-20-22-35-90(67(52)100)55(36-45-25-29-48(30-26-45)72(74,75)76)66(99)84(9)41-57(92)80-51(32-28-46-27-31-50(73(77,78)79)56(37-46)104-15)64(97)91-40-49(105-19-4)38-53(91)63(96)82-71(33-23-34-71)70(103)89(14)61(47(17-2)18-3)69(102)88(13)54(65(98)83(7)8)39-58(93)86(11)44(6)62(95)81-60/h20-21,43-56,60-61H,16-19,22-42H2,1-15H3,(H,80,92)(H,81,95)(H,82,96)/b21-20-/t43-,44-,45?,46?,48?,49+,50?,51-,52-,53-,54-,55-,56?,60-,61-/m0/s1. The van der Waals surface area contributed by atoms with Crippen LogP contribution in [0.4, 0.5) is 26.3 Å². The van der Waals surface area contributed by atoms with Crippen LogP contribution in [0.5, 0.6) is 0 Å². The lowest BCUT2D eigenvalue weighted by molar-refractivity contribution is -0.215. The number of nitrogens with zero attached hydrogens (tertiary/aromatic N) is 9. The summed E-state index contributed by atoms with van der Waals surface area (Å²) in [5.41, 5.74) is -1.65. The minimum Gasteiger partial charge on any atom is -0.381 e. The maximum Gasteiger partial charge on any atom is 0.394 e. The summed E-state index contributed by atoms with van der Waals surface area (Å²) in [5, 5.41) is 8.50. The van der Waals surface area contributed by atoms with Crippen LogP contribution in [0.25, 0.3) is 0 Å². The molecule has 0 radical (unpaired) electrons. The molecule has 2 saturated heterocycles. The molecule has 105 heavy (non-hydrogen) atoms. The van der Waals surface area contributed by atoms with Crippen LogP contribution in [0.15, 0.2) is 12.2 Å². The summed E-state index contributed by atoms with van der Waals surface area (Å²) in [6, 6.07) is -11.0. The molecule has 3 saturated carbocycles. The van der Waals surface area contributed by atoms with Crippen molar-refractivity contribution in [2.45, 2.75) is 248 Å². The molecule has 3 heterocycles. The summed E-state index contributed by atoms with van der Waals surface area (Å²) in [4.78, 5) is 190. The number of carbonyl (C=O) groups is 12. The van der Waals surface area contributed by atoms with Crippen LogP contribution < -0.4 is 16.0 Å². The van der Waals surface area contributed by atoms with Crippen molar-refractivity contribution in [3.63, 3.8) is 0 Å². The van der Waals surface area contributed by atoms with E-state index in [0.717, 1.165) is 24.5 Å². The average Bonchev–Trinajstić information content (AvgIpc) is 1.64. The highest BCUT2D eigenvalue weighted by Crippen LogP contribution is 2.44. The largest absolute Gasteiger partial charge is 0.394 e. The Bertz CT molecular complexity index is 3110. The van der Waals surface area contributed by atoms with E-state index in [2.05, 4.69) is 16.0 Å². The number of alkyl halides is 6. The molecule has 32 heteroatoms. The number of fused-ring (bicyclic) bond motifs is 3. The Hall–Kier alpha value is -7.12. The normalized spacial score (nSPS) is 30.9. The van der Waals surface area contributed by atoms with Crippen LogP contribution in [-0.2, 0) is 67.0 Å². The lowest BCUT2D eigenvalue weighted by atomic mass is 9.74.